The van der Waals surface area contributed by atoms with Crippen molar-refractivity contribution in [1.82, 2.24) is 19.7 Å². The van der Waals surface area contributed by atoms with Crippen molar-refractivity contribution in [1.29, 1.82) is 0 Å². The molecule has 6 nitrogen and oxygen atoms in total. The van der Waals surface area contributed by atoms with Gasteiger partial charge >= 0.3 is 0 Å². The molecule has 1 amide bonds. The van der Waals surface area contributed by atoms with Gasteiger partial charge in [0.25, 0.3) is 5.91 Å². The van der Waals surface area contributed by atoms with Crippen molar-refractivity contribution in [3.05, 3.63) is 53.4 Å². The van der Waals surface area contributed by atoms with Crippen LogP contribution in [-0.2, 0) is 0 Å². The Morgan fingerprint density at radius 3 is 2.74 bits per heavy atom. The van der Waals surface area contributed by atoms with Crippen LogP contribution in [0.5, 0.6) is 0 Å². The number of halogens is 1. The SMILES string of the molecule is CN(CC(C)(C)CN)C(=O)c1nc(-c2cccs2)n(-c2cccc(F)c2)n1. The molecule has 0 aliphatic rings. The normalized spacial score (nSPS) is 11.6. The first-order valence-corrected chi connectivity index (χ1v) is 9.41. The summed E-state index contributed by atoms with van der Waals surface area (Å²) < 4.78 is 15.2. The third-order valence-corrected chi connectivity index (χ3v) is 5.02. The molecule has 142 valence electrons. The maximum Gasteiger partial charge on any atom is 0.293 e. The minimum absolute atomic E-state index is 0.0676. The van der Waals surface area contributed by atoms with Crippen molar-refractivity contribution in [3.63, 3.8) is 0 Å². The highest BCUT2D eigenvalue weighted by atomic mass is 32.1. The number of carbonyl (C=O) groups excluding carboxylic acids is 1. The molecule has 2 aromatic heterocycles. The van der Waals surface area contributed by atoms with Crippen molar-refractivity contribution in [2.24, 2.45) is 11.1 Å². The molecular weight excluding hydrogens is 365 g/mol. The highest BCUT2D eigenvalue weighted by molar-refractivity contribution is 7.13. The maximum atomic E-state index is 13.7. The molecule has 27 heavy (non-hydrogen) atoms. The second kappa shape index (κ2) is 7.58. The summed E-state index contributed by atoms with van der Waals surface area (Å²) in [6.45, 7) is 4.92. The molecule has 0 radical (unpaired) electrons. The van der Waals surface area contributed by atoms with E-state index in [0.717, 1.165) is 4.88 Å². The lowest BCUT2D eigenvalue weighted by atomic mass is 9.93. The molecule has 0 saturated carbocycles. The van der Waals surface area contributed by atoms with Crippen LogP contribution in [0.4, 0.5) is 4.39 Å². The van der Waals surface area contributed by atoms with Crippen molar-refractivity contribution >= 4 is 17.2 Å². The second-order valence-corrected chi connectivity index (χ2v) is 8.11. The molecule has 8 heteroatoms. The van der Waals surface area contributed by atoms with E-state index in [1.54, 1.807) is 24.1 Å². The summed E-state index contributed by atoms with van der Waals surface area (Å²) in [6, 6.07) is 9.83. The zero-order valence-corrected chi connectivity index (χ0v) is 16.3. The van der Waals surface area contributed by atoms with E-state index in [1.807, 2.05) is 31.4 Å². The molecular formula is C19H22FN5OS. The van der Waals surface area contributed by atoms with Crippen LogP contribution in [0, 0.1) is 11.2 Å². The summed E-state index contributed by atoms with van der Waals surface area (Å²) in [6.07, 6.45) is 0. The Balaban J connectivity index is 2.00. The zero-order valence-electron chi connectivity index (χ0n) is 15.5. The molecule has 0 aliphatic carbocycles. The highest BCUT2D eigenvalue weighted by Gasteiger charge is 2.26. The lowest BCUT2D eigenvalue weighted by Crippen LogP contribution is -2.40. The van der Waals surface area contributed by atoms with E-state index in [9.17, 15) is 9.18 Å². The minimum atomic E-state index is -0.380. The van der Waals surface area contributed by atoms with Crippen LogP contribution in [0.1, 0.15) is 24.5 Å². The van der Waals surface area contributed by atoms with Gasteiger partial charge in [0.1, 0.15) is 5.82 Å². The van der Waals surface area contributed by atoms with Crippen molar-refractivity contribution in [3.8, 4) is 16.4 Å². The van der Waals surface area contributed by atoms with E-state index < -0.39 is 0 Å². The lowest BCUT2D eigenvalue weighted by Gasteiger charge is -2.28. The number of aromatic nitrogens is 3. The molecule has 2 N–H and O–H groups in total. The summed E-state index contributed by atoms with van der Waals surface area (Å²) in [5.41, 5.74) is 6.06. The first kappa shape index (κ1) is 19.2. The predicted octanol–water partition coefficient (Wildman–Crippen LogP) is 3.19. The van der Waals surface area contributed by atoms with Crippen LogP contribution in [0.15, 0.2) is 41.8 Å². The first-order valence-electron chi connectivity index (χ1n) is 8.53. The number of nitrogens with zero attached hydrogens (tertiary/aromatic N) is 4. The smallest absolute Gasteiger partial charge is 0.293 e. The summed E-state index contributed by atoms with van der Waals surface area (Å²) in [4.78, 5) is 19.7. The third-order valence-electron chi connectivity index (χ3n) is 4.16. The zero-order chi connectivity index (χ0) is 19.6. The van der Waals surface area contributed by atoms with E-state index in [4.69, 9.17) is 5.73 Å². The van der Waals surface area contributed by atoms with Gasteiger partial charge in [0.2, 0.25) is 5.82 Å². The van der Waals surface area contributed by atoms with Crippen LogP contribution in [0.25, 0.3) is 16.4 Å². The van der Waals surface area contributed by atoms with Gasteiger partial charge in [0.15, 0.2) is 5.82 Å². The average Bonchev–Trinajstić information content (AvgIpc) is 3.30. The topological polar surface area (TPSA) is 77.0 Å². The molecule has 0 aliphatic heterocycles. The van der Waals surface area contributed by atoms with E-state index in [-0.39, 0.29) is 23.0 Å². The maximum absolute atomic E-state index is 13.7. The monoisotopic (exact) mass is 387 g/mol. The van der Waals surface area contributed by atoms with Gasteiger partial charge in [-0.05, 0) is 41.6 Å². The molecule has 0 unspecified atom stereocenters. The number of benzene rings is 1. The number of rotatable bonds is 6. The standard InChI is InChI=1S/C19H22FN5OS/c1-19(2,11-21)12-24(3)18(26)16-22-17(15-8-5-9-27-15)25(23-16)14-7-4-6-13(20)10-14/h4-10H,11-12,21H2,1-3H3. The molecule has 0 bridgehead atoms. The fraction of sp³-hybridized carbons (Fsp3) is 0.316. The van der Waals surface area contributed by atoms with Gasteiger partial charge < -0.3 is 10.6 Å². The van der Waals surface area contributed by atoms with Gasteiger partial charge in [-0.2, -0.15) is 0 Å². The molecule has 0 saturated heterocycles. The summed E-state index contributed by atoms with van der Waals surface area (Å²) >= 11 is 1.48. The van der Waals surface area contributed by atoms with Crippen molar-refractivity contribution < 1.29 is 9.18 Å². The van der Waals surface area contributed by atoms with E-state index in [2.05, 4.69) is 10.1 Å². The minimum Gasteiger partial charge on any atom is -0.338 e. The van der Waals surface area contributed by atoms with Crippen molar-refractivity contribution in [2.75, 3.05) is 20.1 Å². The molecule has 3 rings (SSSR count). The Labute approximate surface area is 161 Å². The van der Waals surface area contributed by atoms with Gasteiger partial charge in [-0.1, -0.05) is 26.0 Å². The first-order chi connectivity index (χ1) is 12.8. The van der Waals surface area contributed by atoms with Crippen LogP contribution >= 0.6 is 11.3 Å². The Bertz CT molecular complexity index is 935. The number of nitrogens with two attached hydrogens (primary N) is 1. The quantitative estimate of drug-likeness (QED) is 0.705. The second-order valence-electron chi connectivity index (χ2n) is 7.16. The molecule has 3 aromatic rings. The Hall–Kier alpha value is -2.58. The lowest BCUT2D eigenvalue weighted by molar-refractivity contribution is 0.0728. The number of hydrogen-bond acceptors (Lipinski definition) is 5. The fourth-order valence-corrected chi connectivity index (χ4v) is 3.40. The van der Waals surface area contributed by atoms with Gasteiger partial charge in [-0.3, -0.25) is 4.79 Å². The number of amides is 1. The molecule has 0 spiro atoms. The largest absolute Gasteiger partial charge is 0.338 e. The number of thiophene rings is 1. The van der Waals surface area contributed by atoms with E-state index in [0.29, 0.717) is 24.6 Å². The van der Waals surface area contributed by atoms with Gasteiger partial charge in [0, 0.05) is 13.6 Å². The van der Waals surface area contributed by atoms with Crippen LogP contribution < -0.4 is 5.73 Å². The Morgan fingerprint density at radius 2 is 2.11 bits per heavy atom. The average molecular weight is 387 g/mol. The number of carbonyl (C=O) groups is 1. The summed E-state index contributed by atoms with van der Waals surface area (Å²) in [5.74, 6) is -0.109. The Kier molecular flexibility index (Phi) is 5.38. The van der Waals surface area contributed by atoms with Crippen LogP contribution in [-0.4, -0.2) is 45.7 Å². The molecule has 2 heterocycles. The Morgan fingerprint density at radius 1 is 1.33 bits per heavy atom. The highest BCUT2D eigenvalue weighted by Crippen LogP contribution is 2.26. The van der Waals surface area contributed by atoms with Gasteiger partial charge in [-0.15, -0.1) is 16.4 Å². The van der Waals surface area contributed by atoms with Crippen LogP contribution in [0.3, 0.4) is 0 Å². The predicted molar refractivity (Wildman–Crippen MR) is 104 cm³/mol. The van der Waals surface area contributed by atoms with Gasteiger partial charge in [0.05, 0.1) is 10.6 Å². The number of hydrogen-bond donors (Lipinski definition) is 1. The summed E-state index contributed by atoms with van der Waals surface area (Å²) in [5, 5.41) is 6.29. The molecule has 0 atom stereocenters. The van der Waals surface area contributed by atoms with Crippen LogP contribution in [0.2, 0.25) is 0 Å². The fourth-order valence-electron chi connectivity index (χ4n) is 2.70. The van der Waals surface area contributed by atoms with Gasteiger partial charge in [-0.25, -0.2) is 14.1 Å². The summed E-state index contributed by atoms with van der Waals surface area (Å²) in [7, 11) is 1.70. The molecule has 1 aromatic carbocycles. The third kappa shape index (κ3) is 4.23. The molecule has 0 fully saturated rings. The van der Waals surface area contributed by atoms with E-state index >= 15 is 0 Å². The van der Waals surface area contributed by atoms with E-state index in [1.165, 1.54) is 28.2 Å². The van der Waals surface area contributed by atoms with Crippen molar-refractivity contribution in [2.45, 2.75) is 13.8 Å².